The number of aromatic nitrogens is 4. The van der Waals surface area contributed by atoms with Gasteiger partial charge in [0, 0.05) is 43.8 Å². The first-order valence-corrected chi connectivity index (χ1v) is 7.10. The second-order valence-electron chi connectivity index (χ2n) is 5.48. The maximum atomic E-state index is 10.2. The molecule has 1 aliphatic heterocycles. The Bertz CT molecular complexity index is 536. The SMILES string of the molecule is Cn1cc([C@@H]2CCCN2C[C@@H](O)Cn2cccn2)cn1. The molecule has 2 aromatic heterocycles. The van der Waals surface area contributed by atoms with E-state index in [0.717, 1.165) is 13.0 Å². The number of aliphatic hydroxyl groups excluding tert-OH is 1. The number of aryl methyl sites for hydroxylation is 1. The number of β-amino-alcohol motifs (C(OH)–C–C–N with tert-alkyl or cyclic N) is 1. The van der Waals surface area contributed by atoms with Gasteiger partial charge in [0.25, 0.3) is 0 Å². The highest BCUT2D eigenvalue weighted by molar-refractivity contribution is 5.12. The zero-order valence-corrected chi connectivity index (χ0v) is 11.8. The minimum absolute atomic E-state index is 0.385. The smallest absolute Gasteiger partial charge is 0.0862 e. The van der Waals surface area contributed by atoms with Crippen molar-refractivity contribution in [1.29, 1.82) is 0 Å². The van der Waals surface area contributed by atoms with Crippen molar-refractivity contribution in [3.05, 3.63) is 36.4 Å². The molecule has 0 spiro atoms. The molecule has 1 N–H and O–H groups in total. The number of hydrogen-bond donors (Lipinski definition) is 1. The summed E-state index contributed by atoms with van der Waals surface area (Å²) in [4.78, 5) is 2.35. The molecule has 0 aromatic carbocycles. The standard InChI is InChI=1S/C14H21N5O/c1-17-9-12(8-16-17)14-4-2-6-18(14)10-13(20)11-19-7-3-5-15-19/h3,5,7-9,13-14,20H,2,4,6,10-11H2,1H3/t13-,14+/m1/s1. The van der Waals surface area contributed by atoms with Gasteiger partial charge in [0.05, 0.1) is 18.8 Å². The van der Waals surface area contributed by atoms with Crippen LogP contribution in [0.2, 0.25) is 0 Å². The van der Waals surface area contributed by atoms with Crippen LogP contribution in [-0.2, 0) is 13.6 Å². The van der Waals surface area contributed by atoms with E-state index in [1.165, 1.54) is 12.0 Å². The molecule has 0 saturated carbocycles. The summed E-state index contributed by atoms with van der Waals surface area (Å²) in [5.74, 6) is 0. The molecule has 1 fully saturated rings. The van der Waals surface area contributed by atoms with Crippen LogP contribution in [0.1, 0.15) is 24.4 Å². The summed E-state index contributed by atoms with van der Waals surface area (Å²) in [5, 5.41) is 18.6. The molecule has 0 aliphatic carbocycles. The van der Waals surface area contributed by atoms with Crippen molar-refractivity contribution in [2.45, 2.75) is 31.5 Å². The van der Waals surface area contributed by atoms with Gasteiger partial charge in [-0.1, -0.05) is 0 Å². The van der Waals surface area contributed by atoms with Crippen LogP contribution in [0.4, 0.5) is 0 Å². The van der Waals surface area contributed by atoms with Gasteiger partial charge < -0.3 is 5.11 Å². The number of hydrogen-bond acceptors (Lipinski definition) is 4. The van der Waals surface area contributed by atoms with Crippen molar-refractivity contribution in [1.82, 2.24) is 24.5 Å². The Kier molecular flexibility index (Phi) is 3.84. The summed E-state index contributed by atoms with van der Waals surface area (Å²) in [6, 6.07) is 2.26. The van der Waals surface area contributed by atoms with Crippen LogP contribution in [0.3, 0.4) is 0 Å². The van der Waals surface area contributed by atoms with Crippen molar-refractivity contribution in [3.63, 3.8) is 0 Å². The molecule has 3 heterocycles. The van der Waals surface area contributed by atoms with Gasteiger partial charge in [0.15, 0.2) is 0 Å². The Morgan fingerprint density at radius 2 is 2.30 bits per heavy atom. The highest BCUT2D eigenvalue weighted by Gasteiger charge is 2.28. The molecule has 2 aromatic rings. The minimum Gasteiger partial charge on any atom is -0.390 e. The van der Waals surface area contributed by atoms with Crippen LogP contribution in [0.5, 0.6) is 0 Å². The maximum absolute atomic E-state index is 10.2. The van der Waals surface area contributed by atoms with Crippen LogP contribution in [0.15, 0.2) is 30.9 Å². The van der Waals surface area contributed by atoms with Crippen molar-refractivity contribution in [2.75, 3.05) is 13.1 Å². The fraction of sp³-hybridized carbons (Fsp3) is 0.571. The van der Waals surface area contributed by atoms with E-state index >= 15 is 0 Å². The summed E-state index contributed by atoms with van der Waals surface area (Å²) in [5.41, 5.74) is 1.25. The average Bonchev–Trinajstić information content (AvgIpc) is 3.11. The fourth-order valence-corrected chi connectivity index (χ4v) is 2.99. The van der Waals surface area contributed by atoms with Crippen molar-refractivity contribution < 1.29 is 5.11 Å². The summed E-state index contributed by atoms with van der Waals surface area (Å²) in [6.45, 7) is 2.26. The predicted molar refractivity (Wildman–Crippen MR) is 75.0 cm³/mol. The van der Waals surface area contributed by atoms with Gasteiger partial charge in [-0.25, -0.2) is 0 Å². The minimum atomic E-state index is -0.396. The number of nitrogens with zero attached hydrogens (tertiary/aromatic N) is 5. The van der Waals surface area contributed by atoms with Crippen LogP contribution >= 0.6 is 0 Å². The van der Waals surface area contributed by atoms with Crippen LogP contribution in [0, 0.1) is 0 Å². The van der Waals surface area contributed by atoms with E-state index in [4.69, 9.17) is 0 Å². The third kappa shape index (κ3) is 2.91. The first-order valence-electron chi connectivity index (χ1n) is 7.10. The molecule has 20 heavy (non-hydrogen) atoms. The first-order chi connectivity index (χ1) is 9.72. The largest absolute Gasteiger partial charge is 0.390 e. The van der Waals surface area contributed by atoms with Crippen molar-refractivity contribution in [2.24, 2.45) is 7.05 Å². The van der Waals surface area contributed by atoms with Gasteiger partial charge in [0.2, 0.25) is 0 Å². The van der Waals surface area contributed by atoms with Crippen LogP contribution in [0.25, 0.3) is 0 Å². The number of rotatable bonds is 5. The molecule has 1 saturated heterocycles. The average molecular weight is 275 g/mol. The lowest BCUT2D eigenvalue weighted by Crippen LogP contribution is -2.34. The van der Waals surface area contributed by atoms with Gasteiger partial charge in [-0.2, -0.15) is 10.2 Å². The molecule has 6 heteroatoms. The normalized spacial score (nSPS) is 21.4. The summed E-state index contributed by atoms with van der Waals surface area (Å²) >= 11 is 0. The first kappa shape index (κ1) is 13.3. The molecule has 2 atom stereocenters. The molecule has 6 nitrogen and oxygen atoms in total. The summed E-state index contributed by atoms with van der Waals surface area (Å²) < 4.78 is 3.62. The molecule has 0 unspecified atom stereocenters. The second-order valence-corrected chi connectivity index (χ2v) is 5.48. The Labute approximate surface area is 118 Å². The highest BCUT2D eigenvalue weighted by atomic mass is 16.3. The van der Waals surface area contributed by atoms with E-state index in [1.54, 1.807) is 10.9 Å². The van der Waals surface area contributed by atoms with E-state index < -0.39 is 6.10 Å². The molecule has 3 rings (SSSR count). The molecule has 0 bridgehead atoms. The lowest BCUT2D eigenvalue weighted by molar-refractivity contribution is 0.0890. The van der Waals surface area contributed by atoms with Gasteiger partial charge in [-0.05, 0) is 25.5 Å². The Balaban J connectivity index is 1.61. The zero-order valence-electron chi connectivity index (χ0n) is 11.8. The number of aliphatic hydroxyl groups is 1. The number of likely N-dealkylation sites (tertiary alicyclic amines) is 1. The van der Waals surface area contributed by atoms with E-state index in [1.807, 2.05) is 30.2 Å². The lowest BCUT2D eigenvalue weighted by atomic mass is 10.1. The molecule has 0 amide bonds. The molecule has 108 valence electrons. The fourth-order valence-electron chi connectivity index (χ4n) is 2.99. The Morgan fingerprint density at radius 1 is 1.40 bits per heavy atom. The molecular weight excluding hydrogens is 254 g/mol. The van der Waals surface area contributed by atoms with E-state index in [-0.39, 0.29) is 0 Å². The summed E-state index contributed by atoms with van der Waals surface area (Å²) in [6.07, 6.45) is 9.54. The molecule has 1 aliphatic rings. The monoisotopic (exact) mass is 275 g/mol. The highest BCUT2D eigenvalue weighted by Crippen LogP contribution is 2.31. The quantitative estimate of drug-likeness (QED) is 0.877. The lowest BCUT2D eigenvalue weighted by Gasteiger charge is -2.26. The second kappa shape index (κ2) is 5.76. The van der Waals surface area contributed by atoms with E-state index in [0.29, 0.717) is 19.1 Å². The molecule has 0 radical (unpaired) electrons. The van der Waals surface area contributed by atoms with Crippen LogP contribution < -0.4 is 0 Å². The topological polar surface area (TPSA) is 59.1 Å². The van der Waals surface area contributed by atoms with Crippen molar-refractivity contribution in [3.8, 4) is 0 Å². The summed E-state index contributed by atoms with van der Waals surface area (Å²) in [7, 11) is 1.94. The third-order valence-corrected chi connectivity index (χ3v) is 3.88. The predicted octanol–water partition coefficient (Wildman–Crippen LogP) is 0.815. The van der Waals surface area contributed by atoms with Gasteiger partial charge in [-0.15, -0.1) is 0 Å². The van der Waals surface area contributed by atoms with Gasteiger partial charge in [-0.3, -0.25) is 14.3 Å². The maximum Gasteiger partial charge on any atom is 0.0862 e. The molecular formula is C14H21N5O. The Morgan fingerprint density at radius 3 is 3.00 bits per heavy atom. The van der Waals surface area contributed by atoms with Gasteiger partial charge in [0.1, 0.15) is 0 Å². The third-order valence-electron chi connectivity index (χ3n) is 3.88. The van der Waals surface area contributed by atoms with Crippen molar-refractivity contribution >= 4 is 0 Å². The van der Waals surface area contributed by atoms with Crippen LogP contribution in [-0.4, -0.2) is 48.8 Å². The van der Waals surface area contributed by atoms with E-state index in [2.05, 4.69) is 21.3 Å². The van der Waals surface area contributed by atoms with E-state index in [9.17, 15) is 5.11 Å². The van der Waals surface area contributed by atoms with Gasteiger partial charge >= 0.3 is 0 Å². The Hall–Kier alpha value is -1.66. The zero-order chi connectivity index (χ0) is 13.9.